The van der Waals surface area contributed by atoms with Gasteiger partial charge in [0.05, 0.1) is 13.1 Å². The van der Waals surface area contributed by atoms with Crippen LogP contribution in [0.3, 0.4) is 0 Å². The van der Waals surface area contributed by atoms with Crippen molar-refractivity contribution in [3.63, 3.8) is 0 Å². The third-order valence-corrected chi connectivity index (χ3v) is 5.01. The van der Waals surface area contributed by atoms with Crippen LogP contribution in [0.1, 0.15) is 27.3 Å². The van der Waals surface area contributed by atoms with E-state index in [9.17, 15) is 9.59 Å². The molecule has 0 radical (unpaired) electrons. The molecule has 3 rings (SSSR count). The van der Waals surface area contributed by atoms with Gasteiger partial charge in [-0.1, -0.05) is 29.8 Å². The Morgan fingerprint density at radius 1 is 1.28 bits per heavy atom. The topological polar surface area (TPSA) is 54.3 Å². The normalized spacial score (nSPS) is 15.2. The SMILES string of the molecule is Cc1cc(C(=O)CN2CCNC(=O)C2)c(C)n1Cc1ccccc1Cl. The third-order valence-electron chi connectivity index (χ3n) is 4.64. The van der Waals surface area contributed by atoms with Crippen molar-refractivity contribution >= 4 is 23.3 Å². The maximum absolute atomic E-state index is 12.7. The minimum atomic E-state index is -0.0248. The number of piperazine rings is 1. The second kappa shape index (κ2) is 7.42. The van der Waals surface area contributed by atoms with Crippen LogP contribution < -0.4 is 5.32 Å². The Labute approximate surface area is 152 Å². The minimum absolute atomic E-state index is 0.0248. The van der Waals surface area contributed by atoms with E-state index in [2.05, 4.69) is 9.88 Å². The third kappa shape index (κ3) is 3.94. The molecule has 0 aliphatic carbocycles. The van der Waals surface area contributed by atoms with Crippen molar-refractivity contribution in [2.24, 2.45) is 0 Å². The van der Waals surface area contributed by atoms with Gasteiger partial charge in [0, 0.05) is 41.6 Å². The number of nitrogens with one attached hydrogen (secondary N) is 1. The number of ketones is 1. The smallest absolute Gasteiger partial charge is 0.234 e. The molecule has 0 bridgehead atoms. The lowest BCUT2D eigenvalue weighted by atomic mass is 10.1. The second-order valence-corrected chi connectivity index (χ2v) is 6.85. The monoisotopic (exact) mass is 359 g/mol. The van der Waals surface area contributed by atoms with Gasteiger partial charge in [-0.2, -0.15) is 0 Å². The van der Waals surface area contributed by atoms with Crippen LogP contribution >= 0.6 is 11.6 Å². The number of rotatable bonds is 5. The number of carbonyl (C=O) groups is 2. The van der Waals surface area contributed by atoms with Crippen molar-refractivity contribution in [1.82, 2.24) is 14.8 Å². The molecular weight excluding hydrogens is 338 g/mol. The van der Waals surface area contributed by atoms with Gasteiger partial charge in [0.2, 0.25) is 5.91 Å². The Morgan fingerprint density at radius 2 is 2.04 bits per heavy atom. The first-order valence-corrected chi connectivity index (χ1v) is 8.76. The Morgan fingerprint density at radius 3 is 2.76 bits per heavy atom. The highest BCUT2D eigenvalue weighted by Gasteiger charge is 2.22. The van der Waals surface area contributed by atoms with Crippen LogP contribution in [0, 0.1) is 13.8 Å². The van der Waals surface area contributed by atoms with Crippen molar-refractivity contribution in [1.29, 1.82) is 0 Å². The molecule has 132 valence electrons. The number of amides is 1. The molecule has 0 spiro atoms. The Bertz CT molecular complexity index is 813. The summed E-state index contributed by atoms with van der Waals surface area (Å²) in [6.07, 6.45) is 0. The summed E-state index contributed by atoms with van der Waals surface area (Å²) in [7, 11) is 0. The minimum Gasteiger partial charge on any atom is -0.354 e. The number of aromatic nitrogens is 1. The number of carbonyl (C=O) groups excluding carboxylic acids is 2. The number of halogens is 1. The molecule has 1 N–H and O–H groups in total. The van der Waals surface area contributed by atoms with Crippen molar-refractivity contribution < 1.29 is 9.59 Å². The largest absolute Gasteiger partial charge is 0.354 e. The molecule has 1 aliphatic rings. The van der Waals surface area contributed by atoms with Gasteiger partial charge in [0.1, 0.15) is 0 Å². The van der Waals surface area contributed by atoms with E-state index in [0.717, 1.165) is 27.5 Å². The zero-order valence-corrected chi connectivity index (χ0v) is 15.3. The first-order chi connectivity index (χ1) is 12.0. The summed E-state index contributed by atoms with van der Waals surface area (Å²) in [6.45, 7) is 6.44. The molecule has 5 nitrogen and oxygen atoms in total. The second-order valence-electron chi connectivity index (χ2n) is 6.45. The lowest BCUT2D eigenvalue weighted by Gasteiger charge is -2.25. The summed E-state index contributed by atoms with van der Waals surface area (Å²) < 4.78 is 2.11. The fraction of sp³-hybridized carbons (Fsp3) is 0.368. The fourth-order valence-corrected chi connectivity index (χ4v) is 3.43. The zero-order valence-electron chi connectivity index (χ0n) is 14.5. The number of nitrogens with zero attached hydrogens (tertiary/aromatic N) is 2. The summed E-state index contributed by atoms with van der Waals surface area (Å²) in [6, 6.07) is 9.67. The van der Waals surface area contributed by atoms with E-state index in [-0.39, 0.29) is 24.8 Å². The summed E-state index contributed by atoms with van der Waals surface area (Å²) in [5.41, 5.74) is 3.70. The van der Waals surface area contributed by atoms with Gasteiger partial charge in [-0.15, -0.1) is 0 Å². The summed E-state index contributed by atoms with van der Waals surface area (Å²) in [4.78, 5) is 26.1. The highest BCUT2D eigenvalue weighted by molar-refractivity contribution is 6.31. The van der Waals surface area contributed by atoms with Crippen molar-refractivity contribution in [3.05, 3.63) is 57.9 Å². The van der Waals surface area contributed by atoms with Crippen molar-refractivity contribution in [3.8, 4) is 0 Å². The molecule has 1 aromatic carbocycles. The number of hydrogen-bond donors (Lipinski definition) is 1. The quantitative estimate of drug-likeness (QED) is 0.834. The maximum Gasteiger partial charge on any atom is 0.234 e. The molecule has 1 aromatic heterocycles. The number of aryl methyl sites for hydroxylation is 1. The average molecular weight is 360 g/mol. The molecule has 0 unspecified atom stereocenters. The van der Waals surface area contributed by atoms with Crippen LogP contribution in [0.2, 0.25) is 5.02 Å². The van der Waals surface area contributed by atoms with E-state index in [0.29, 0.717) is 19.6 Å². The first-order valence-electron chi connectivity index (χ1n) is 8.38. The van der Waals surface area contributed by atoms with Crippen molar-refractivity contribution in [2.75, 3.05) is 26.2 Å². The first kappa shape index (κ1) is 17.7. The fourth-order valence-electron chi connectivity index (χ4n) is 3.24. The molecular formula is C19H22ClN3O2. The van der Waals surface area contributed by atoms with E-state index in [1.807, 2.05) is 49.1 Å². The molecule has 2 aromatic rings. The molecule has 1 fully saturated rings. The van der Waals surface area contributed by atoms with Gasteiger partial charge in [0.15, 0.2) is 5.78 Å². The summed E-state index contributed by atoms with van der Waals surface area (Å²) in [5, 5.41) is 3.50. The van der Waals surface area contributed by atoms with E-state index >= 15 is 0 Å². The van der Waals surface area contributed by atoms with E-state index in [4.69, 9.17) is 11.6 Å². The molecule has 0 atom stereocenters. The van der Waals surface area contributed by atoms with E-state index in [1.54, 1.807) is 0 Å². The van der Waals surface area contributed by atoms with Crippen LogP contribution in [0.25, 0.3) is 0 Å². The molecule has 2 heterocycles. The van der Waals surface area contributed by atoms with Gasteiger partial charge in [0.25, 0.3) is 0 Å². The lowest BCUT2D eigenvalue weighted by Crippen LogP contribution is -2.49. The van der Waals surface area contributed by atoms with Crippen LogP contribution in [0.4, 0.5) is 0 Å². The molecule has 6 heteroatoms. The number of hydrogen-bond acceptors (Lipinski definition) is 3. The van der Waals surface area contributed by atoms with Gasteiger partial charge < -0.3 is 9.88 Å². The Balaban J connectivity index is 1.78. The highest BCUT2D eigenvalue weighted by atomic mass is 35.5. The molecule has 1 saturated heterocycles. The zero-order chi connectivity index (χ0) is 18.0. The molecule has 1 amide bonds. The standard InChI is InChI=1S/C19H22ClN3O2/c1-13-9-16(18(24)11-22-8-7-21-19(25)12-22)14(2)23(13)10-15-5-3-4-6-17(15)20/h3-6,9H,7-8,10-12H2,1-2H3,(H,21,25). The average Bonchev–Trinajstić information content (AvgIpc) is 2.85. The lowest BCUT2D eigenvalue weighted by molar-refractivity contribution is -0.123. The summed E-state index contributed by atoms with van der Waals surface area (Å²) >= 11 is 6.27. The van der Waals surface area contributed by atoms with Crippen molar-refractivity contribution in [2.45, 2.75) is 20.4 Å². The number of Topliss-reactive ketones (excluding diaryl/α,β-unsaturated/α-hetero) is 1. The van der Waals surface area contributed by atoms with Gasteiger partial charge in [-0.3, -0.25) is 14.5 Å². The predicted octanol–water partition coefficient (Wildman–Crippen LogP) is 2.42. The highest BCUT2D eigenvalue weighted by Crippen LogP contribution is 2.21. The van der Waals surface area contributed by atoms with E-state index in [1.165, 1.54) is 0 Å². The Kier molecular flexibility index (Phi) is 5.25. The molecule has 1 aliphatic heterocycles. The predicted molar refractivity (Wildman–Crippen MR) is 98.2 cm³/mol. The number of benzene rings is 1. The van der Waals surface area contributed by atoms with Crippen LogP contribution in [-0.2, 0) is 11.3 Å². The van der Waals surface area contributed by atoms with Gasteiger partial charge >= 0.3 is 0 Å². The molecule has 25 heavy (non-hydrogen) atoms. The van der Waals surface area contributed by atoms with Gasteiger partial charge in [-0.25, -0.2) is 0 Å². The van der Waals surface area contributed by atoms with Gasteiger partial charge in [-0.05, 0) is 31.5 Å². The van der Waals surface area contributed by atoms with Crippen LogP contribution in [-0.4, -0.2) is 47.3 Å². The Hall–Kier alpha value is -2.11. The van der Waals surface area contributed by atoms with E-state index < -0.39 is 0 Å². The molecule has 0 saturated carbocycles. The van der Waals surface area contributed by atoms with Crippen LogP contribution in [0.5, 0.6) is 0 Å². The maximum atomic E-state index is 12.7. The summed E-state index contributed by atoms with van der Waals surface area (Å²) in [5.74, 6) is 0.0245. The van der Waals surface area contributed by atoms with Crippen LogP contribution in [0.15, 0.2) is 30.3 Å².